The van der Waals surface area contributed by atoms with E-state index in [1.165, 1.54) is 5.56 Å². The van der Waals surface area contributed by atoms with E-state index in [0.29, 0.717) is 12.8 Å². The molecule has 1 aliphatic heterocycles. The molecule has 2 aromatic carbocycles. The maximum absolute atomic E-state index is 10.6. The zero-order chi connectivity index (χ0) is 15.3. The molecule has 2 aromatic rings. The van der Waals surface area contributed by atoms with Gasteiger partial charge in [0.05, 0.1) is 0 Å². The maximum Gasteiger partial charge on any atom is 0.128 e. The van der Waals surface area contributed by atoms with Crippen LogP contribution >= 0.6 is 12.4 Å². The molecule has 0 aromatic heterocycles. The fourth-order valence-electron chi connectivity index (χ4n) is 2.76. The van der Waals surface area contributed by atoms with Crippen LogP contribution in [0.15, 0.2) is 60.7 Å². The van der Waals surface area contributed by atoms with Crippen LogP contribution in [0.1, 0.15) is 24.0 Å². The molecule has 1 N–H and O–H groups in total. The molecule has 2 nitrogen and oxygen atoms in total. The minimum Gasteiger partial charge on any atom is -0.377 e. The molecule has 1 fully saturated rings. The van der Waals surface area contributed by atoms with Crippen LogP contribution in [-0.2, 0) is 6.54 Å². The first-order valence-electron chi connectivity index (χ1n) is 7.80. The Hall–Kier alpha value is -1.79. The quantitative estimate of drug-likeness (QED) is 0.854. The van der Waals surface area contributed by atoms with Crippen LogP contribution < -0.4 is 0 Å². The molecular weight excluding hydrogens is 306 g/mol. The lowest BCUT2D eigenvalue weighted by Crippen LogP contribution is -2.43. The summed E-state index contributed by atoms with van der Waals surface area (Å²) < 4.78 is 0. The number of rotatable bonds is 2. The number of hydrogen-bond donors (Lipinski definition) is 1. The third-order valence-corrected chi connectivity index (χ3v) is 4.15. The summed E-state index contributed by atoms with van der Waals surface area (Å²) in [6.45, 7) is 2.72. The van der Waals surface area contributed by atoms with Gasteiger partial charge in [0.15, 0.2) is 0 Å². The number of benzene rings is 2. The predicted molar refractivity (Wildman–Crippen MR) is 96.5 cm³/mol. The first-order valence-corrected chi connectivity index (χ1v) is 7.80. The molecule has 3 heteroatoms. The van der Waals surface area contributed by atoms with Gasteiger partial charge in [-0.3, -0.25) is 4.90 Å². The summed E-state index contributed by atoms with van der Waals surface area (Å²) in [5.41, 5.74) is 1.44. The van der Waals surface area contributed by atoms with Crippen molar-refractivity contribution in [1.82, 2.24) is 4.90 Å². The highest BCUT2D eigenvalue weighted by molar-refractivity contribution is 5.85. The number of aliphatic hydroxyl groups is 1. The van der Waals surface area contributed by atoms with Crippen molar-refractivity contribution in [2.75, 3.05) is 13.1 Å². The highest BCUT2D eigenvalue weighted by atomic mass is 35.5. The van der Waals surface area contributed by atoms with Crippen molar-refractivity contribution in [3.63, 3.8) is 0 Å². The standard InChI is InChI=1S/C20H21NO.ClH/c22-20(12-11-18-7-3-1-4-8-18)13-15-21(16-14-20)17-19-9-5-2-6-10-19;/h1-10,22H,13-17H2;1H. The average molecular weight is 328 g/mol. The van der Waals surface area contributed by atoms with Crippen molar-refractivity contribution in [3.05, 3.63) is 71.8 Å². The van der Waals surface area contributed by atoms with Crippen molar-refractivity contribution >= 4 is 12.4 Å². The number of nitrogens with zero attached hydrogens (tertiary/aromatic N) is 1. The lowest BCUT2D eigenvalue weighted by molar-refractivity contribution is 0.0247. The number of likely N-dealkylation sites (tertiary alicyclic amines) is 1. The Morgan fingerprint density at radius 2 is 1.48 bits per heavy atom. The van der Waals surface area contributed by atoms with E-state index in [0.717, 1.165) is 25.2 Å². The van der Waals surface area contributed by atoms with Crippen LogP contribution in [0.3, 0.4) is 0 Å². The topological polar surface area (TPSA) is 23.5 Å². The highest BCUT2D eigenvalue weighted by Gasteiger charge is 2.30. The molecule has 0 aliphatic carbocycles. The molecule has 1 saturated heterocycles. The lowest BCUT2D eigenvalue weighted by Gasteiger charge is -2.35. The van der Waals surface area contributed by atoms with Crippen molar-refractivity contribution in [3.8, 4) is 11.8 Å². The van der Waals surface area contributed by atoms with E-state index in [-0.39, 0.29) is 12.4 Å². The Balaban J connectivity index is 0.00000192. The molecule has 1 aliphatic rings. The van der Waals surface area contributed by atoms with E-state index < -0.39 is 5.60 Å². The van der Waals surface area contributed by atoms with Gasteiger partial charge in [0.1, 0.15) is 5.60 Å². The van der Waals surface area contributed by atoms with Crippen molar-refractivity contribution in [1.29, 1.82) is 0 Å². The van der Waals surface area contributed by atoms with Crippen LogP contribution in [0.2, 0.25) is 0 Å². The van der Waals surface area contributed by atoms with Crippen molar-refractivity contribution < 1.29 is 5.11 Å². The van der Waals surface area contributed by atoms with Crippen LogP contribution in [0.5, 0.6) is 0 Å². The number of halogens is 1. The molecular formula is C20H22ClNO. The van der Waals surface area contributed by atoms with Crippen LogP contribution in [0.4, 0.5) is 0 Å². The van der Waals surface area contributed by atoms with Gasteiger partial charge in [0.2, 0.25) is 0 Å². The minimum absolute atomic E-state index is 0. The van der Waals surface area contributed by atoms with Gasteiger partial charge in [-0.15, -0.1) is 12.4 Å². The van der Waals surface area contributed by atoms with Crippen LogP contribution in [0.25, 0.3) is 0 Å². The van der Waals surface area contributed by atoms with Crippen LogP contribution in [-0.4, -0.2) is 28.7 Å². The summed E-state index contributed by atoms with van der Waals surface area (Å²) in [6, 6.07) is 20.3. The average Bonchev–Trinajstić information content (AvgIpc) is 2.58. The van der Waals surface area contributed by atoms with Gasteiger partial charge in [0.25, 0.3) is 0 Å². The number of hydrogen-bond acceptors (Lipinski definition) is 2. The van der Waals surface area contributed by atoms with Crippen molar-refractivity contribution in [2.24, 2.45) is 0 Å². The van der Waals surface area contributed by atoms with E-state index >= 15 is 0 Å². The molecule has 0 unspecified atom stereocenters. The first-order chi connectivity index (χ1) is 10.7. The summed E-state index contributed by atoms with van der Waals surface area (Å²) >= 11 is 0. The molecule has 0 saturated carbocycles. The third kappa shape index (κ3) is 5.11. The van der Waals surface area contributed by atoms with E-state index in [1.807, 2.05) is 36.4 Å². The molecule has 1 heterocycles. The molecule has 23 heavy (non-hydrogen) atoms. The van der Waals surface area contributed by atoms with Crippen molar-refractivity contribution in [2.45, 2.75) is 25.0 Å². The predicted octanol–water partition coefficient (Wildman–Crippen LogP) is 3.49. The van der Waals surface area contributed by atoms with Gasteiger partial charge < -0.3 is 5.11 Å². The second kappa shape index (κ2) is 8.17. The second-order valence-corrected chi connectivity index (χ2v) is 5.91. The Kier molecular flexibility index (Phi) is 6.24. The maximum atomic E-state index is 10.6. The van der Waals surface area contributed by atoms with Gasteiger partial charge in [-0.25, -0.2) is 0 Å². The minimum atomic E-state index is -0.844. The van der Waals surface area contributed by atoms with Gasteiger partial charge >= 0.3 is 0 Å². The SMILES string of the molecule is Cl.OC1(C#Cc2ccccc2)CCN(Cc2ccccc2)CC1. The van der Waals surface area contributed by atoms with E-state index in [1.54, 1.807) is 0 Å². The molecule has 0 bridgehead atoms. The van der Waals surface area contributed by atoms with E-state index in [9.17, 15) is 5.11 Å². The Morgan fingerprint density at radius 1 is 0.913 bits per heavy atom. The molecule has 0 amide bonds. The Labute approximate surface area is 144 Å². The summed E-state index contributed by atoms with van der Waals surface area (Å²) in [7, 11) is 0. The largest absolute Gasteiger partial charge is 0.377 e. The molecule has 0 atom stereocenters. The number of piperidine rings is 1. The fraction of sp³-hybridized carbons (Fsp3) is 0.300. The van der Waals surface area contributed by atoms with Gasteiger partial charge in [-0.05, 0) is 17.7 Å². The molecule has 120 valence electrons. The van der Waals surface area contributed by atoms with E-state index in [4.69, 9.17) is 0 Å². The third-order valence-electron chi connectivity index (χ3n) is 4.15. The summed E-state index contributed by atoms with van der Waals surface area (Å²) in [6.07, 6.45) is 1.42. The smallest absolute Gasteiger partial charge is 0.128 e. The fourth-order valence-corrected chi connectivity index (χ4v) is 2.76. The van der Waals surface area contributed by atoms with E-state index in [2.05, 4.69) is 41.0 Å². The lowest BCUT2D eigenvalue weighted by atomic mass is 9.91. The summed E-state index contributed by atoms with van der Waals surface area (Å²) in [5, 5.41) is 10.6. The zero-order valence-electron chi connectivity index (χ0n) is 13.1. The van der Waals surface area contributed by atoms with Gasteiger partial charge in [-0.1, -0.05) is 60.4 Å². The highest BCUT2D eigenvalue weighted by Crippen LogP contribution is 2.22. The Bertz CT molecular complexity index is 652. The van der Waals surface area contributed by atoms with Gasteiger partial charge in [-0.2, -0.15) is 0 Å². The molecule has 0 spiro atoms. The zero-order valence-corrected chi connectivity index (χ0v) is 13.9. The van der Waals surface area contributed by atoms with Crippen LogP contribution in [0, 0.1) is 11.8 Å². The molecule has 3 rings (SSSR count). The second-order valence-electron chi connectivity index (χ2n) is 5.91. The summed E-state index contributed by atoms with van der Waals surface area (Å²) in [4.78, 5) is 2.38. The normalized spacial score (nSPS) is 16.7. The summed E-state index contributed by atoms with van der Waals surface area (Å²) in [5.74, 6) is 6.18. The van der Waals surface area contributed by atoms with Gasteiger partial charge in [0, 0.05) is 38.0 Å². The molecule has 0 radical (unpaired) electrons. The monoisotopic (exact) mass is 327 g/mol. The Morgan fingerprint density at radius 3 is 2.09 bits per heavy atom. The first kappa shape index (κ1) is 17.6.